The number of hydrogen-bond acceptors (Lipinski definition) is 3. The number of carboxylic acids is 1. The molecule has 2 rings (SSSR count). The van der Waals surface area contributed by atoms with Gasteiger partial charge in [-0.1, -0.05) is 19.1 Å². The average molecular weight is 318 g/mol. The van der Waals surface area contributed by atoms with Crippen molar-refractivity contribution in [2.75, 3.05) is 25.0 Å². The quantitative estimate of drug-likeness (QED) is 0.876. The minimum Gasteiger partial charge on any atom is -0.481 e. The molecule has 1 fully saturated rings. The van der Waals surface area contributed by atoms with Crippen molar-refractivity contribution in [3.63, 3.8) is 0 Å². The maximum absolute atomic E-state index is 11.9. The second-order valence-electron chi connectivity index (χ2n) is 6.27. The van der Waals surface area contributed by atoms with E-state index in [2.05, 4.69) is 17.0 Å². The van der Waals surface area contributed by atoms with Crippen LogP contribution in [0.25, 0.3) is 0 Å². The van der Waals surface area contributed by atoms with Crippen molar-refractivity contribution in [3.8, 4) is 0 Å². The van der Waals surface area contributed by atoms with Gasteiger partial charge >= 0.3 is 5.97 Å². The molecule has 1 aliphatic heterocycles. The van der Waals surface area contributed by atoms with Gasteiger partial charge in [0.25, 0.3) is 0 Å². The molecule has 0 spiro atoms. The lowest BCUT2D eigenvalue weighted by molar-refractivity contribution is -0.142. The summed E-state index contributed by atoms with van der Waals surface area (Å²) in [5, 5.41) is 9.08. The third kappa shape index (κ3) is 4.71. The Kier molecular flexibility index (Phi) is 6.02. The number of rotatable bonds is 6. The number of hydrogen-bond donors (Lipinski definition) is 1. The molecule has 0 atom stereocenters. The molecule has 1 saturated heterocycles. The highest BCUT2D eigenvalue weighted by atomic mass is 16.4. The number of anilines is 1. The molecule has 126 valence electrons. The van der Waals surface area contributed by atoms with Crippen LogP contribution in [0.1, 0.15) is 38.2 Å². The molecule has 0 saturated carbocycles. The van der Waals surface area contributed by atoms with E-state index in [1.807, 2.05) is 26.1 Å². The lowest BCUT2D eigenvalue weighted by Gasteiger charge is -2.32. The molecule has 1 heterocycles. The van der Waals surface area contributed by atoms with E-state index in [1.54, 1.807) is 4.90 Å². The highest BCUT2D eigenvalue weighted by molar-refractivity contribution is 5.75. The van der Waals surface area contributed by atoms with E-state index in [-0.39, 0.29) is 11.8 Å². The van der Waals surface area contributed by atoms with Crippen molar-refractivity contribution in [3.05, 3.63) is 29.8 Å². The third-order valence-electron chi connectivity index (χ3n) is 4.43. The SMILES string of the molecule is CCCC(=O)N(C)Cc1cccc(N2CCC(C(=O)O)CC2)c1. The van der Waals surface area contributed by atoms with Crippen molar-refractivity contribution in [1.82, 2.24) is 4.90 Å². The van der Waals surface area contributed by atoms with Crippen LogP contribution >= 0.6 is 0 Å². The average Bonchev–Trinajstić information content (AvgIpc) is 2.55. The molecule has 0 radical (unpaired) electrons. The molecule has 0 unspecified atom stereocenters. The predicted molar refractivity (Wildman–Crippen MR) is 90.4 cm³/mol. The fourth-order valence-corrected chi connectivity index (χ4v) is 3.00. The highest BCUT2D eigenvalue weighted by Gasteiger charge is 2.24. The number of amides is 1. The van der Waals surface area contributed by atoms with Gasteiger partial charge in [-0.3, -0.25) is 9.59 Å². The van der Waals surface area contributed by atoms with Crippen LogP contribution in [0.2, 0.25) is 0 Å². The lowest BCUT2D eigenvalue weighted by Crippen LogP contribution is -2.36. The third-order valence-corrected chi connectivity index (χ3v) is 4.43. The second kappa shape index (κ2) is 7.99. The molecule has 0 aromatic heterocycles. The normalized spacial score (nSPS) is 15.5. The fraction of sp³-hybridized carbons (Fsp3) is 0.556. The molecular weight excluding hydrogens is 292 g/mol. The van der Waals surface area contributed by atoms with Gasteiger partial charge < -0.3 is 14.9 Å². The highest BCUT2D eigenvalue weighted by Crippen LogP contribution is 2.24. The van der Waals surface area contributed by atoms with Gasteiger partial charge in [0, 0.05) is 38.8 Å². The zero-order chi connectivity index (χ0) is 16.8. The Balaban J connectivity index is 1.97. The van der Waals surface area contributed by atoms with Crippen molar-refractivity contribution in [1.29, 1.82) is 0 Å². The van der Waals surface area contributed by atoms with Crippen LogP contribution in [-0.2, 0) is 16.1 Å². The molecule has 1 aliphatic rings. The number of benzene rings is 1. The molecular formula is C18H26N2O3. The maximum Gasteiger partial charge on any atom is 0.306 e. The summed E-state index contributed by atoms with van der Waals surface area (Å²) < 4.78 is 0. The van der Waals surface area contributed by atoms with E-state index in [9.17, 15) is 9.59 Å². The number of carbonyl (C=O) groups is 2. The van der Waals surface area contributed by atoms with Crippen molar-refractivity contribution in [2.45, 2.75) is 39.2 Å². The molecule has 1 aromatic carbocycles. The number of carbonyl (C=O) groups excluding carboxylic acids is 1. The van der Waals surface area contributed by atoms with Crippen molar-refractivity contribution >= 4 is 17.6 Å². The lowest BCUT2D eigenvalue weighted by atomic mass is 9.96. The zero-order valence-corrected chi connectivity index (χ0v) is 14.0. The van der Waals surface area contributed by atoms with Gasteiger partial charge in [-0.2, -0.15) is 0 Å². The largest absolute Gasteiger partial charge is 0.481 e. The number of aliphatic carboxylic acids is 1. The molecule has 1 aromatic rings. The first-order chi connectivity index (χ1) is 11.0. The van der Waals surface area contributed by atoms with E-state index in [1.165, 1.54) is 0 Å². The van der Waals surface area contributed by atoms with Crippen molar-refractivity contribution < 1.29 is 14.7 Å². The monoisotopic (exact) mass is 318 g/mol. The first kappa shape index (κ1) is 17.3. The summed E-state index contributed by atoms with van der Waals surface area (Å²) in [5.74, 6) is -0.734. The summed E-state index contributed by atoms with van der Waals surface area (Å²) in [4.78, 5) is 26.9. The Morgan fingerprint density at radius 2 is 2.00 bits per heavy atom. The molecule has 0 aliphatic carbocycles. The van der Waals surface area contributed by atoms with E-state index in [4.69, 9.17) is 5.11 Å². The minimum absolute atomic E-state index is 0.167. The van der Waals surface area contributed by atoms with Gasteiger partial charge in [-0.05, 0) is 37.0 Å². The Hall–Kier alpha value is -2.04. The molecule has 5 nitrogen and oxygen atoms in total. The molecule has 1 amide bonds. The topological polar surface area (TPSA) is 60.9 Å². The van der Waals surface area contributed by atoms with E-state index < -0.39 is 5.97 Å². The first-order valence-corrected chi connectivity index (χ1v) is 8.32. The predicted octanol–water partition coefficient (Wildman–Crippen LogP) is 2.75. The van der Waals surface area contributed by atoms with Gasteiger partial charge in [0.1, 0.15) is 0 Å². The summed E-state index contributed by atoms with van der Waals surface area (Å²) in [5.41, 5.74) is 2.22. The molecule has 0 bridgehead atoms. The smallest absolute Gasteiger partial charge is 0.306 e. The van der Waals surface area contributed by atoms with Crippen LogP contribution in [0.5, 0.6) is 0 Å². The van der Waals surface area contributed by atoms with Gasteiger partial charge in [0.15, 0.2) is 0 Å². The Morgan fingerprint density at radius 1 is 1.30 bits per heavy atom. The number of carboxylic acid groups (broad SMARTS) is 1. The maximum atomic E-state index is 11.9. The minimum atomic E-state index is -0.686. The molecule has 5 heteroatoms. The van der Waals surface area contributed by atoms with Gasteiger partial charge in [-0.25, -0.2) is 0 Å². The van der Waals surface area contributed by atoms with Crippen LogP contribution in [0.15, 0.2) is 24.3 Å². The Bertz CT molecular complexity index is 551. The molecule has 23 heavy (non-hydrogen) atoms. The summed E-state index contributed by atoms with van der Waals surface area (Å²) in [6.45, 7) is 4.15. The van der Waals surface area contributed by atoms with Crippen LogP contribution in [0.3, 0.4) is 0 Å². The summed E-state index contributed by atoms with van der Waals surface area (Å²) >= 11 is 0. The zero-order valence-electron chi connectivity index (χ0n) is 14.0. The van der Waals surface area contributed by atoms with Crippen LogP contribution < -0.4 is 4.90 Å². The molecule has 1 N–H and O–H groups in total. The van der Waals surface area contributed by atoms with Crippen LogP contribution in [0.4, 0.5) is 5.69 Å². The number of nitrogens with zero attached hydrogens (tertiary/aromatic N) is 2. The fourth-order valence-electron chi connectivity index (χ4n) is 3.00. The Morgan fingerprint density at radius 3 is 2.61 bits per heavy atom. The standard InChI is InChI=1S/C18H26N2O3/c1-3-5-17(21)19(2)13-14-6-4-7-16(12-14)20-10-8-15(9-11-20)18(22)23/h4,6-7,12,15H,3,5,8-11,13H2,1-2H3,(H,22,23). The number of piperidine rings is 1. The van der Waals surface area contributed by atoms with E-state index in [0.29, 0.717) is 25.8 Å². The second-order valence-corrected chi connectivity index (χ2v) is 6.27. The van der Waals surface area contributed by atoms with Gasteiger partial charge in [0.2, 0.25) is 5.91 Å². The first-order valence-electron chi connectivity index (χ1n) is 8.32. The van der Waals surface area contributed by atoms with Crippen LogP contribution in [-0.4, -0.2) is 42.0 Å². The van der Waals surface area contributed by atoms with Crippen LogP contribution in [0, 0.1) is 5.92 Å². The summed E-state index contributed by atoms with van der Waals surface area (Å²) in [7, 11) is 1.84. The van der Waals surface area contributed by atoms with E-state index >= 15 is 0 Å². The van der Waals surface area contributed by atoms with Gasteiger partial charge in [0.05, 0.1) is 5.92 Å². The van der Waals surface area contributed by atoms with Crippen molar-refractivity contribution in [2.24, 2.45) is 5.92 Å². The summed E-state index contributed by atoms with van der Waals surface area (Å²) in [6, 6.07) is 8.20. The Labute approximate surface area is 137 Å². The summed E-state index contributed by atoms with van der Waals surface area (Å²) in [6.07, 6.45) is 2.82. The van der Waals surface area contributed by atoms with Gasteiger partial charge in [-0.15, -0.1) is 0 Å². The van der Waals surface area contributed by atoms with E-state index in [0.717, 1.165) is 30.8 Å².